The smallest absolute Gasteiger partial charge is 0.270 e. The molecule has 0 atom stereocenters. The van der Waals surface area contributed by atoms with E-state index in [0.29, 0.717) is 27.2 Å². The number of anilines is 1. The summed E-state index contributed by atoms with van der Waals surface area (Å²) in [4.78, 5) is 27.5. The van der Waals surface area contributed by atoms with Gasteiger partial charge in [-0.05, 0) is 64.5 Å². The fourth-order valence-electron chi connectivity index (χ4n) is 2.72. The van der Waals surface area contributed by atoms with Crippen molar-refractivity contribution in [3.8, 4) is 11.5 Å². The van der Waals surface area contributed by atoms with Crippen LogP contribution in [0, 0.1) is 10.1 Å². The number of non-ortho nitro benzene ring substituents is 1. The first kappa shape index (κ1) is 19.3. The zero-order valence-corrected chi connectivity index (χ0v) is 17.7. The lowest BCUT2D eigenvalue weighted by molar-refractivity contribution is -0.384. The number of nitro groups is 1. The predicted molar refractivity (Wildman–Crippen MR) is 116 cm³/mol. The number of nitrogens with zero attached hydrogens (tertiary/aromatic N) is 2. The first-order valence-electron chi connectivity index (χ1n) is 8.32. The van der Waals surface area contributed by atoms with Gasteiger partial charge in [-0.25, -0.2) is 4.98 Å². The Hall–Kier alpha value is -3.04. The largest absolute Gasteiger partial charge is 0.436 e. The van der Waals surface area contributed by atoms with Crippen molar-refractivity contribution < 1.29 is 14.1 Å². The fraction of sp³-hybridized carbons (Fsp3) is 0. The molecule has 0 saturated heterocycles. The summed E-state index contributed by atoms with van der Waals surface area (Å²) in [6.45, 7) is 0. The molecule has 0 aliphatic carbocycles. The number of fused-ring (bicyclic) bond motifs is 1. The minimum atomic E-state index is -0.547. The number of hydrogen-bond donors (Lipinski definition) is 1. The average Bonchev–Trinajstić information content (AvgIpc) is 3.12. The molecule has 3 aromatic carbocycles. The van der Waals surface area contributed by atoms with Gasteiger partial charge in [0.05, 0.1) is 10.5 Å². The molecular formula is C20H11Br2N3O4. The van der Waals surface area contributed by atoms with E-state index in [-0.39, 0.29) is 11.3 Å². The van der Waals surface area contributed by atoms with Gasteiger partial charge in [0.2, 0.25) is 5.89 Å². The summed E-state index contributed by atoms with van der Waals surface area (Å²) >= 11 is 6.64. The van der Waals surface area contributed by atoms with Crippen LogP contribution >= 0.6 is 31.9 Å². The maximum Gasteiger partial charge on any atom is 0.270 e. The monoisotopic (exact) mass is 515 g/mol. The third-order valence-electron chi connectivity index (χ3n) is 4.14. The summed E-state index contributed by atoms with van der Waals surface area (Å²) in [6.07, 6.45) is 0. The van der Waals surface area contributed by atoms with Crippen LogP contribution in [0.25, 0.3) is 22.6 Å². The third-order valence-corrected chi connectivity index (χ3v) is 5.36. The van der Waals surface area contributed by atoms with Crippen LogP contribution < -0.4 is 5.32 Å². The highest BCUT2D eigenvalue weighted by Crippen LogP contribution is 2.28. The van der Waals surface area contributed by atoms with Gasteiger partial charge in [-0.1, -0.05) is 15.9 Å². The number of halogens is 2. The molecule has 1 heterocycles. The van der Waals surface area contributed by atoms with Crippen LogP contribution in [0.3, 0.4) is 0 Å². The lowest BCUT2D eigenvalue weighted by Gasteiger charge is -2.06. The Kier molecular flexibility index (Phi) is 5.16. The molecule has 0 aliphatic heterocycles. The lowest BCUT2D eigenvalue weighted by atomic mass is 10.2. The van der Waals surface area contributed by atoms with E-state index < -0.39 is 10.8 Å². The number of benzene rings is 3. The SMILES string of the molecule is O=C(Nc1ccc2oc(-c3ccc(Br)cc3)nc2c1)c1cc([N+](=O)[O-])ccc1Br. The highest BCUT2D eigenvalue weighted by atomic mass is 79.9. The molecule has 4 rings (SSSR count). The van der Waals surface area contributed by atoms with Crippen LogP contribution in [0.2, 0.25) is 0 Å². The van der Waals surface area contributed by atoms with Crippen LogP contribution in [0.15, 0.2) is 74.0 Å². The second kappa shape index (κ2) is 7.76. The minimum absolute atomic E-state index is 0.162. The van der Waals surface area contributed by atoms with Crippen molar-refractivity contribution >= 4 is 60.2 Å². The molecule has 1 aromatic heterocycles. The van der Waals surface area contributed by atoms with Gasteiger partial charge in [-0.3, -0.25) is 14.9 Å². The molecule has 0 fully saturated rings. The third kappa shape index (κ3) is 4.06. The topological polar surface area (TPSA) is 98.3 Å². The van der Waals surface area contributed by atoms with Crippen LogP contribution in [0.1, 0.15) is 10.4 Å². The van der Waals surface area contributed by atoms with E-state index in [1.807, 2.05) is 24.3 Å². The van der Waals surface area contributed by atoms with Gasteiger partial charge in [0.1, 0.15) is 5.52 Å². The molecular weight excluding hydrogens is 506 g/mol. The number of oxazole rings is 1. The maximum atomic E-state index is 12.6. The number of aromatic nitrogens is 1. The Morgan fingerprint density at radius 2 is 1.79 bits per heavy atom. The molecule has 0 unspecified atom stereocenters. The number of nitrogens with one attached hydrogen (secondary N) is 1. The van der Waals surface area contributed by atoms with E-state index >= 15 is 0 Å². The Morgan fingerprint density at radius 3 is 2.52 bits per heavy atom. The number of amides is 1. The van der Waals surface area contributed by atoms with Crippen molar-refractivity contribution in [1.82, 2.24) is 4.98 Å². The quantitative estimate of drug-likeness (QED) is 0.258. The molecule has 7 nitrogen and oxygen atoms in total. The standard InChI is InChI=1S/C20H11Br2N3O4/c21-12-3-1-11(2-4-12)20-24-17-9-13(5-8-18(17)29-20)23-19(26)15-10-14(25(27)28)6-7-16(15)22/h1-10H,(H,23,26). The fourth-order valence-corrected chi connectivity index (χ4v) is 3.41. The van der Waals surface area contributed by atoms with Gasteiger partial charge >= 0.3 is 0 Å². The van der Waals surface area contributed by atoms with Gasteiger partial charge in [0.25, 0.3) is 11.6 Å². The maximum absolute atomic E-state index is 12.6. The highest BCUT2D eigenvalue weighted by Gasteiger charge is 2.16. The van der Waals surface area contributed by atoms with Crippen molar-refractivity contribution in [1.29, 1.82) is 0 Å². The van der Waals surface area contributed by atoms with Gasteiger partial charge in [-0.2, -0.15) is 0 Å². The van der Waals surface area contributed by atoms with Crippen LogP contribution in [-0.2, 0) is 0 Å². The van der Waals surface area contributed by atoms with Gasteiger partial charge in [0, 0.05) is 32.3 Å². The molecule has 0 aliphatic rings. The van der Waals surface area contributed by atoms with E-state index in [9.17, 15) is 14.9 Å². The van der Waals surface area contributed by atoms with Crippen molar-refractivity contribution in [2.24, 2.45) is 0 Å². The minimum Gasteiger partial charge on any atom is -0.436 e. The van der Waals surface area contributed by atoms with Crippen LogP contribution in [0.4, 0.5) is 11.4 Å². The number of rotatable bonds is 4. The summed E-state index contributed by atoms with van der Waals surface area (Å²) in [5, 5.41) is 13.7. The van der Waals surface area contributed by atoms with Crippen LogP contribution in [0.5, 0.6) is 0 Å². The summed E-state index contributed by atoms with van der Waals surface area (Å²) in [7, 11) is 0. The lowest BCUT2D eigenvalue weighted by Crippen LogP contribution is -2.12. The predicted octanol–water partition coefficient (Wildman–Crippen LogP) is 6.18. The second-order valence-electron chi connectivity index (χ2n) is 6.08. The number of carbonyl (C=O) groups is 1. The first-order valence-corrected chi connectivity index (χ1v) is 9.91. The van der Waals surface area contributed by atoms with Crippen molar-refractivity contribution in [2.45, 2.75) is 0 Å². The second-order valence-corrected chi connectivity index (χ2v) is 7.85. The molecule has 9 heteroatoms. The molecule has 0 spiro atoms. The molecule has 0 bridgehead atoms. The Balaban J connectivity index is 1.62. The Morgan fingerprint density at radius 1 is 1.03 bits per heavy atom. The zero-order valence-electron chi connectivity index (χ0n) is 14.6. The Labute approximate surface area is 181 Å². The zero-order chi connectivity index (χ0) is 20.5. The summed E-state index contributed by atoms with van der Waals surface area (Å²) < 4.78 is 7.19. The van der Waals surface area contributed by atoms with Crippen molar-refractivity contribution in [3.63, 3.8) is 0 Å². The van der Waals surface area contributed by atoms with Crippen LogP contribution in [-0.4, -0.2) is 15.8 Å². The normalized spacial score (nSPS) is 10.8. The number of nitro benzene ring substituents is 1. The Bertz CT molecular complexity index is 1250. The summed E-state index contributed by atoms with van der Waals surface area (Å²) in [5.41, 5.74) is 2.49. The first-order chi connectivity index (χ1) is 13.9. The van der Waals surface area contributed by atoms with E-state index in [1.54, 1.807) is 18.2 Å². The van der Waals surface area contributed by atoms with E-state index in [4.69, 9.17) is 4.42 Å². The van der Waals surface area contributed by atoms with Gasteiger partial charge in [-0.15, -0.1) is 0 Å². The average molecular weight is 517 g/mol. The molecule has 1 N–H and O–H groups in total. The van der Waals surface area contributed by atoms with Crippen molar-refractivity contribution in [2.75, 3.05) is 5.32 Å². The van der Waals surface area contributed by atoms with E-state index in [0.717, 1.165) is 10.0 Å². The summed E-state index contributed by atoms with van der Waals surface area (Å²) in [6, 6.07) is 16.7. The van der Waals surface area contributed by atoms with E-state index in [1.165, 1.54) is 18.2 Å². The molecule has 0 radical (unpaired) electrons. The number of carbonyl (C=O) groups excluding carboxylic acids is 1. The molecule has 144 valence electrons. The summed E-state index contributed by atoms with van der Waals surface area (Å²) in [5.74, 6) is -0.00559. The van der Waals surface area contributed by atoms with Gasteiger partial charge < -0.3 is 9.73 Å². The molecule has 29 heavy (non-hydrogen) atoms. The number of hydrogen-bond acceptors (Lipinski definition) is 5. The van der Waals surface area contributed by atoms with E-state index in [2.05, 4.69) is 42.2 Å². The van der Waals surface area contributed by atoms with Crippen molar-refractivity contribution in [3.05, 3.63) is 85.3 Å². The van der Waals surface area contributed by atoms with Gasteiger partial charge in [0.15, 0.2) is 5.58 Å². The molecule has 1 amide bonds. The molecule has 4 aromatic rings. The highest BCUT2D eigenvalue weighted by molar-refractivity contribution is 9.10. The molecule has 0 saturated carbocycles.